The van der Waals surface area contributed by atoms with Crippen molar-refractivity contribution in [1.82, 2.24) is 9.97 Å². The van der Waals surface area contributed by atoms with Crippen molar-refractivity contribution >= 4 is 23.0 Å². The normalized spacial score (nSPS) is 14.3. The molecule has 1 saturated heterocycles. The van der Waals surface area contributed by atoms with E-state index in [1.807, 2.05) is 55.5 Å². The van der Waals surface area contributed by atoms with Gasteiger partial charge in [0.15, 0.2) is 0 Å². The molecule has 0 radical (unpaired) electrons. The molecule has 1 fully saturated rings. The second kappa shape index (κ2) is 7.61. The minimum Gasteiger partial charge on any atom is -0.366 e. The van der Waals surface area contributed by atoms with Crippen LogP contribution in [0.5, 0.6) is 0 Å². The van der Waals surface area contributed by atoms with Crippen LogP contribution in [0.4, 0.5) is 27.4 Å². The molecular formula is C21H22FN5. The fourth-order valence-electron chi connectivity index (χ4n) is 3.33. The summed E-state index contributed by atoms with van der Waals surface area (Å²) in [5, 5.41) is 3.33. The molecule has 0 atom stereocenters. The van der Waals surface area contributed by atoms with Crippen LogP contribution in [0.1, 0.15) is 5.82 Å². The number of aromatic nitrogens is 2. The van der Waals surface area contributed by atoms with Crippen molar-refractivity contribution in [2.75, 3.05) is 41.3 Å². The van der Waals surface area contributed by atoms with Gasteiger partial charge in [-0.1, -0.05) is 30.3 Å². The van der Waals surface area contributed by atoms with E-state index in [4.69, 9.17) is 0 Å². The molecule has 1 aliphatic rings. The molecule has 6 heteroatoms. The van der Waals surface area contributed by atoms with E-state index < -0.39 is 0 Å². The van der Waals surface area contributed by atoms with Crippen LogP contribution in [0, 0.1) is 12.7 Å². The zero-order valence-electron chi connectivity index (χ0n) is 15.3. The molecule has 0 bridgehead atoms. The van der Waals surface area contributed by atoms with Crippen molar-refractivity contribution in [2.45, 2.75) is 6.92 Å². The number of anilines is 4. The highest BCUT2D eigenvalue weighted by Gasteiger charge is 2.21. The zero-order chi connectivity index (χ0) is 18.6. The highest BCUT2D eigenvalue weighted by atomic mass is 19.1. The lowest BCUT2D eigenvalue weighted by atomic mass is 10.2. The topological polar surface area (TPSA) is 44.3 Å². The fourth-order valence-corrected chi connectivity index (χ4v) is 3.33. The minimum atomic E-state index is -0.168. The molecule has 138 valence electrons. The Morgan fingerprint density at radius 2 is 1.52 bits per heavy atom. The molecule has 4 rings (SSSR count). The Bertz CT molecular complexity index is 907. The van der Waals surface area contributed by atoms with E-state index in [9.17, 15) is 4.39 Å². The monoisotopic (exact) mass is 363 g/mol. The van der Waals surface area contributed by atoms with E-state index in [2.05, 4.69) is 25.1 Å². The summed E-state index contributed by atoms with van der Waals surface area (Å²) in [6, 6.07) is 18.9. The van der Waals surface area contributed by atoms with Crippen LogP contribution in [0.2, 0.25) is 0 Å². The van der Waals surface area contributed by atoms with Gasteiger partial charge in [0.05, 0.1) is 5.69 Å². The molecule has 27 heavy (non-hydrogen) atoms. The minimum absolute atomic E-state index is 0.168. The Morgan fingerprint density at radius 1 is 0.852 bits per heavy atom. The summed E-state index contributed by atoms with van der Waals surface area (Å²) in [7, 11) is 0. The van der Waals surface area contributed by atoms with E-state index in [0.29, 0.717) is 5.69 Å². The number of aryl methyl sites for hydroxylation is 1. The Labute approximate surface area is 158 Å². The number of hydrogen-bond acceptors (Lipinski definition) is 5. The van der Waals surface area contributed by atoms with Gasteiger partial charge in [0, 0.05) is 37.9 Å². The van der Waals surface area contributed by atoms with Crippen molar-refractivity contribution in [3.05, 3.63) is 72.3 Å². The number of benzene rings is 2. The molecule has 5 nitrogen and oxygen atoms in total. The lowest BCUT2D eigenvalue weighted by Gasteiger charge is -2.37. The first-order chi connectivity index (χ1) is 13.2. The highest BCUT2D eigenvalue weighted by Crippen LogP contribution is 2.24. The summed E-state index contributed by atoms with van der Waals surface area (Å²) in [4.78, 5) is 13.4. The lowest BCUT2D eigenvalue weighted by Crippen LogP contribution is -2.47. The van der Waals surface area contributed by atoms with Crippen LogP contribution in [0.3, 0.4) is 0 Å². The quantitative estimate of drug-likeness (QED) is 0.759. The molecule has 2 heterocycles. The molecule has 2 aromatic carbocycles. The Hall–Kier alpha value is -3.15. The Morgan fingerprint density at radius 3 is 2.26 bits per heavy atom. The summed E-state index contributed by atoms with van der Waals surface area (Å²) < 4.78 is 14.0. The number of halogens is 1. The molecule has 0 amide bonds. The fraction of sp³-hybridized carbons (Fsp3) is 0.238. The number of nitrogens with one attached hydrogen (secondary N) is 1. The van der Waals surface area contributed by atoms with Gasteiger partial charge in [-0.05, 0) is 31.2 Å². The SMILES string of the molecule is Cc1nc(Nc2ccccc2)cc(N2CCN(c3ccccc3F)CC2)n1. The second-order valence-electron chi connectivity index (χ2n) is 6.58. The summed E-state index contributed by atoms with van der Waals surface area (Å²) in [6.45, 7) is 4.98. The van der Waals surface area contributed by atoms with Crippen molar-refractivity contribution in [3.8, 4) is 0 Å². The van der Waals surface area contributed by atoms with Crippen molar-refractivity contribution in [3.63, 3.8) is 0 Å². The van der Waals surface area contributed by atoms with Crippen LogP contribution in [0.15, 0.2) is 60.7 Å². The van der Waals surface area contributed by atoms with Crippen molar-refractivity contribution in [2.24, 2.45) is 0 Å². The summed E-state index contributed by atoms with van der Waals surface area (Å²) >= 11 is 0. The van der Waals surface area contributed by atoms with Crippen molar-refractivity contribution < 1.29 is 4.39 Å². The first kappa shape index (κ1) is 17.3. The number of para-hydroxylation sites is 2. The van der Waals surface area contributed by atoms with Gasteiger partial charge in [0.25, 0.3) is 0 Å². The lowest BCUT2D eigenvalue weighted by molar-refractivity contribution is 0.596. The van der Waals surface area contributed by atoms with E-state index in [1.165, 1.54) is 6.07 Å². The number of piperazine rings is 1. The van der Waals surface area contributed by atoms with E-state index in [0.717, 1.165) is 49.3 Å². The molecule has 0 spiro atoms. The van der Waals surface area contributed by atoms with Gasteiger partial charge in [-0.25, -0.2) is 14.4 Å². The van der Waals surface area contributed by atoms with Gasteiger partial charge in [0.1, 0.15) is 23.3 Å². The van der Waals surface area contributed by atoms with Gasteiger partial charge >= 0.3 is 0 Å². The van der Waals surface area contributed by atoms with Gasteiger partial charge in [0.2, 0.25) is 0 Å². The third-order valence-electron chi connectivity index (χ3n) is 4.67. The standard InChI is InChI=1S/C21H22FN5/c1-16-23-20(25-17-7-3-2-4-8-17)15-21(24-16)27-13-11-26(12-14-27)19-10-6-5-9-18(19)22/h2-10,15H,11-14H2,1H3,(H,23,24,25). The first-order valence-electron chi connectivity index (χ1n) is 9.11. The number of nitrogens with zero attached hydrogens (tertiary/aromatic N) is 4. The maximum absolute atomic E-state index is 14.0. The van der Waals surface area contributed by atoms with Crippen LogP contribution in [-0.4, -0.2) is 36.1 Å². The van der Waals surface area contributed by atoms with Gasteiger partial charge in [-0.15, -0.1) is 0 Å². The van der Waals surface area contributed by atoms with Crippen LogP contribution in [-0.2, 0) is 0 Å². The second-order valence-corrected chi connectivity index (χ2v) is 6.58. The smallest absolute Gasteiger partial charge is 0.146 e. The third-order valence-corrected chi connectivity index (χ3v) is 4.67. The van der Waals surface area contributed by atoms with Gasteiger partial charge in [-0.3, -0.25) is 0 Å². The van der Waals surface area contributed by atoms with Crippen molar-refractivity contribution in [1.29, 1.82) is 0 Å². The largest absolute Gasteiger partial charge is 0.366 e. The number of rotatable bonds is 4. The predicted octanol–water partition coefficient (Wildman–Crippen LogP) is 3.99. The Balaban J connectivity index is 1.47. The van der Waals surface area contributed by atoms with Crippen LogP contribution >= 0.6 is 0 Å². The molecule has 1 aliphatic heterocycles. The number of hydrogen-bond donors (Lipinski definition) is 1. The maximum atomic E-state index is 14.0. The molecule has 0 unspecified atom stereocenters. The van der Waals surface area contributed by atoms with E-state index in [1.54, 1.807) is 6.07 Å². The van der Waals surface area contributed by atoms with Gasteiger partial charge < -0.3 is 15.1 Å². The molecule has 1 aromatic heterocycles. The highest BCUT2D eigenvalue weighted by molar-refractivity contribution is 5.60. The average Bonchev–Trinajstić information content (AvgIpc) is 2.69. The molecular weight excluding hydrogens is 341 g/mol. The molecule has 1 N–H and O–H groups in total. The third kappa shape index (κ3) is 4.00. The zero-order valence-corrected chi connectivity index (χ0v) is 15.3. The summed E-state index contributed by atoms with van der Waals surface area (Å²) in [5.74, 6) is 2.23. The van der Waals surface area contributed by atoms with E-state index >= 15 is 0 Å². The van der Waals surface area contributed by atoms with Crippen LogP contribution < -0.4 is 15.1 Å². The molecule has 3 aromatic rings. The van der Waals surface area contributed by atoms with Crippen LogP contribution in [0.25, 0.3) is 0 Å². The first-order valence-corrected chi connectivity index (χ1v) is 9.11. The summed E-state index contributed by atoms with van der Waals surface area (Å²) in [5.41, 5.74) is 1.66. The molecule has 0 aliphatic carbocycles. The predicted molar refractivity (Wildman–Crippen MR) is 107 cm³/mol. The summed E-state index contributed by atoms with van der Waals surface area (Å²) in [6.07, 6.45) is 0. The maximum Gasteiger partial charge on any atom is 0.146 e. The van der Waals surface area contributed by atoms with E-state index in [-0.39, 0.29) is 5.82 Å². The average molecular weight is 363 g/mol. The Kier molecular flexibility index (Phi) is 4.87. The molecule has 0 saturated carbocycles. The van der Waals surface area contributed by atoms with Gasteiger partial charge in [-0.2, -0.15) is 0 Å².